The molecule has 0 spiro atoms. The molecule has 3 N–H and O–H groups in total. The lowest BCUT2D eigenvalue weighted by molar-refractivity contribution is 0.0874. The van der Waals surface area contributed by atoms with E-state index in [4.69, 9.17) is 5.84 Å². The van der Waals surface area contributed by atoms with Gasteiger partial charge in [-0.2, -0.15) is 0 Å². The highest BCUT2D eigenvalue weighted by Gasteiger charge is 2.23. The first-order valence-electron chi connectivity index (χ1n) is 6.52. The number of thiazole rings is 1. The molecule has 0 aromatic carbocycles. The highest BCUT2D eigenvalue weighted by molar-refractivity contribution is 7.11. The number of hydrogen-bond acceptors (Lipinski definition) is 6. The summed E-state index contributed by atoms with van der Waals surface area (Å²) in [7, 11) is 2.18. The van der Waals surface area contributed by atoms with Gasteiger partial charge in [0.05, 0.1) is 5.69 Å². The van der Waals surface area contributed by atoms with Crippen LogP contribution in [0.15, 0.2) is 5.38 Å². The van der Waals surface area contributed by atoms with Crippen molar-refractivity contribution in [2.75, 3.05) is 26.7 Å². The third-order valence-corrected chi connectivity index (χ3v) is 4.49. The van der Waals surface area contributed by atoms with Crippen LogP contribution in [0.2, 0.25) is 0 Å². The van der Waals surface area contributed by atoms with Gasteiger partial charge in [0.15, 0.2) is 5.01 Å². The second kappa shape index (κ2) is 6.42. The van der Waals surface area contributed by atoms with Gasteiger partial charge >= 0.3 is 0 Å². The summed E-state index contributed by atoms with van der Waals surface area (Å²) in [5.74, 6) is 4.78. The summed E-state index contributed by atoms with van der Waals surface area (Å²) >= 11 is 1.34. The molecule has 2 rings (SSSR count). The Morgan fingerprint density at radius 3 is 3.11 bits per heavy atom. The van der Waals surface area contributed by atoms with Crippen LogP contribution in [0.3, 0.4) is 0 Å². The monoisotopic (exact) mass is 283 g/mol. The molecule has 1 aliphatic rings. The average Bonchev–Trinajstić information content (AvgIpc) is 2.88. The Morgan fingerprint density at radius 1 is 1.63 bits per heavy atom. The van der Waals surface area contributed by atoms with E-state index in [2.05, 4.69) is 34.2 Å². The molecular formula is C12H21N5OS. The van der Waals surface area contributed by atoms with Crippen LogP contribution >= 0.6 is 11.3 Å². The molecule has 0 aliphatic carbocycles. The highest BCUT2D eigenvalue weighted by Crippen LogP contribution is 2.16. The maximum absolute atomic E-state index is 11.4. The van der Waals surface area contributed by atoms with E-state index < -0.39 is 0 Å². The van der Waals surface area contributed by atoms with Gasteiger partial charge in [-0.3, -0.25) is 15.1 Å². The number of carbonyl (C=O) groups excluding carboxylic acids is 1. The van der Waals surface area contributed by atoms with Gasteiger partial charge < -0.3 is 4.90 Å². The zero-order chi connectivity index (χ0) is 13.8. The number of nitrogen functional groups attached to an aromatic ring is 1. The van der Waals surface area contributed by atoms with Crippen LogP contribution in [0.25, 0.3) is 0 Å². The van der Waals surface area contributed by atoms with Crippen molar-refractivity contribution in [1.82, 2.24) is 20.2 Å². The van der Waals surface area contributed by atoms with E-state index in [9.17, 15) is 4.79 Å². The number of hydrazine groups is 1. The molecule has 1 aliphatic heterocycles. The number of nitrogens with one attached hydrogen (secondary N) is 1. The van der Waals surface area contributed by atoms with E-state index in [1.807, 2.05) is 5.38 Å². The van der Waals surface area contributed by atoms with Gasteiger partial charge in [0.25, 0.3) is 5.91 Å². The Labute approximate surface area is 117 Å². The van der Waals surface area contributed by atoms with Crippen LogP contribution in [0.1, 0.15) is 28.8 Å². The molecule has 106 valence electrons. The van der Waals surface area contributed by atoms with Gasteiger partial charge in [-0.05, 0) is 13.5 Å². The van der Waals surface area contributed by atoms with Crippen molar-refractivity contribution in [2.24, 2.45) is 5.84 Å². The second-order valence-electron chi connectivity index (χ2n) is 4.90. The average molecular weight is 283 g/mol. The second-order valence-corrected chi connectivity index (χ2v) is 5.75. The van der Waals surface area contributed by atoms with Crippen LogP contribution < -0.4 is 11.3 Å². The van der Waals surface area contributed by atoms with Gasteiger partial charge in [0, 0.05) is 37.6 Å². The largest absolute Gasteiger partial charge is 0.301 e. The summed E-state index contributed by atoms with van der Waals surface area (Å²) in [4.78, 5) is 20.5. The van der Waals surface area contributed by atoms with E-state index in [1.165, 1.54) is 11.3 Å². The van der Waals surface area contributed by atoms with E-state index >= 15 is 0 Å². The smallest absolute Gasteiger partial charge is 0.294 e. The number of piperazine rings is 1. The van der Waals surface area contributed by atoms with Crippen molar-refractivity contribution < 1.29 is 4.79 Å². The fraction of sp³-hybridized carbons (Fsp3) is 0.667. The van der Waals surface area contributed by atoms with Crippen LogP contribution in [0.5, 0.6) is 0 Å². The van der Waals surface area contributed by atoms with E-state index in [1.54, 1.807) is 0 Å². The molecule has 1 saturated heterocycles. The minimum Gasteiger partial charge on any atom is -0.301 e. The number of carbonyl (C=O) groups is 1. The number of amides is 1. The van der Waals surface area contributed by atoms with Crippen LogP contribution in [0.4, 0.5) is 0 Å². The summed E-state index contributed by atoms with van der Waals surface area (Å²) in [6, 6.07) is 0.610. The molecule has 0 radical (unpaired) electrons. The molecule has 0 bridgehead atoms. The van der Waals surface area contributed by atoms with Gasteiger partial charge in [0.2, 0.25) is 0 Å². The van der Waals surface area contributed by atoms with E-state index in [0.29, 0.717) is 11.0 Å². The van der Waals surface area contributed by atoms with Crippen molar-refractivity contribution in [3.8, 4) is 0 Å². The fourth-order valence-corrected chi connectivity index (χ4v) is 3.08. The topological polar surface area (TPSA) is 74.5 Å². The van der Waals surface area contributed by atoms with Crippen molar-refractivity contribution >= 4 is 17.2 Å². The van der Waals surface area contributed by atoms with E-state index in [-0.39, 0.29) is 5.91 Å². The summed E-state index contributed by atoms with van der Waals surface area (Å²) in [5, 5.41) is 2.36. The van der Waals surface area contributed by atoms with Crippen molar-refractivity contribution in [3.63, 3.8) is 0 Å². The first-order valence-corrected chi connectivity index (χ1v) is 7.40. The predicted molar refractivity (Wildman–Crippen MR) is 75.8 cm³/mol. The first kappa shape index (κ1) is 14.4. The number of rotatable bonds is 4. The Kier molecular flexibility index (Phi) is 4.87. The summed E-state index contributed by atoms with van der Waals surface area (Å²) in [5.41, 5.74) is 3.06. The lowest BCUT2D eigenvalue weighted by Crippen LogP contribution is -2.50. The van der Waals surface area contributed by atoms with Gasteiger partial charge in [-0.15, -0.1) is 11.3 Å². The third kappa shape index (κ3) is 3.50. The van der Waals surface area contributed by atoms with Gasteiger partial charge in [0.1, 0.15) is 0 Å². The first-order chi connectivity index (χ1) is 9.13. The SMILES string of the molecule is CCC1CN(Cc2csc(C(=O)NN)n2)CCN1C. The Bertz CT molecular complexity index is 436. The van der Waals surface area contributed by atoms with Crippen molar-refractivity contribution in [1.29, 1.82) is 0 Å². The fourth-order valence-electron chi connectivity index (χ4n) is 2.37. The van der Waals surface area contributed by atoms with Crippen molar-refractivity contribution in [2.45, 2.75) is 25.9 Å². The molecule has 1 amide bonds. The maximum atomic E-state index is 11.4. The molecule has 7 heteroatoms. The molecule has 6 nitrogen and oxygen atoms in total. The number of nitrogens with two attached hydrogens (primary N) is 1. The minimum atomic E-state index is -0.318. The number of hydrogen-bond donors (Lipinski definition) is 2. The molecule has 1 aromatic heterocycles. The zero-order valence-corrected chi connectivity index (χ0v) is 12.2. The molecule has 1 unspecified atom stereocenters. The molecule has 0 saturated carbocycles. The third-order valence-electron chi connectivity index (χ3n) is 3.60. The van der Waals surface area contributed by atoms with Crippen molar-refractivity contribution in [3.05, 3.63) is 16.1 Å². The van der Waals surface area contributed by atoms with Crippen LogP contribution in [0, 0.1) is 0 Å². The standard InChI is InChI=1S/C12H21N5OS/c1-3-10-7-17(5-4-16(10)2)6-9-8-19-12(14-9)11(18)15-13/h8,10H,3-7,13H2,1-2H3,(H,15,18). The molecule has 19 heavy (non-hydrogen) atoms. The molecule has 1 fully saturated rings. The quantitative estimate of drug-likeness (QED) is 0.471. The zero-order valence-electron chi connectivity index (χ0n) is 11.4. The molecule has 1 aromatic rings. The van der Waals surface area contributed by atoms with Gasteiger partial charge in [-0.1, -0.05) is 6.92 Å². The van der Waals surface area contributed by atoms with Crippen LogP contribution in [-0.4, -0.2) is 53.4 Å². The highest BCUT2D eigenvalue weighted by atomic mass is 32.1. The Morgan fingerprint density at radius 2 is 2.42 bits per heavy atom. The summed E-state index contributed by atoms with van der Waals surface area (Å²) < 4.78 is 0. The molecule has 1 atom stereocenters. The van der Waals surface area contributed by atoms with E-state index in [0.717, 1.165) is 38.3 Å². The summed E-state index contributed by atoms with van der Waals surface area (Å²) in [6.45, 7) is 6.21. The Balaban J connectivity index is 1.94. The normalized spacial score (nSPS) is 21.5. The number of likely N-dealkylation sites (N-methyl/N-ethyl adjacent to an activating group) is 1. The Hall–Kier alpha value is -1.02. The minimum absolute atomic E-state index is 0.318. The van der Waals surface area contributed by atoms with Gasteiger partial charge in [-0.25, -0.2) is 10.8 Å². The lowest BCUT2D eigenvalue weighted by Gasteiger charge is -2.38. The number of aromatic nitrogens is 1. The van der Waals surface area contributed by atoms with Crippen LogP contribution in [-0.2, 0) is 6.54 Å². The maximum Gasteiger partial charge on any atom is 0.294 e. The predicted octanol–water partition coefficient (Wildman–Crippen LogP) is 0.273. The lowest BCUT2D eigenvalue weighted by atomic mass is 10.1. The number of nitrogens with zero attached hydrogens (tertiary/aromatic N) is 3. The molecule has 2 heterocycles. The summed E-state index contributed by atoms with van der Waals surface area (Å²) in [6.07, 6.45) is 1.16. The molecular weight excluding hydrogens is 262 g/mol.